The van der Waals surface area contributed by atoms with Crippen molar-refractivity contribution in [3.05, 3.63) is 45.1 Å². The Morgan fingerprint density at radius 1 is 1.24 bits per heavy atom. The summed E-state index contributed by atoms with van der Waals surface area (Å²) in [5.74, 6) is 0.756. The molecule has 3 rings (SSSR count). The van der Waals surface area contributed by atoms with E-state index in [1.54, 1.807) is 29.5 Å². The summed E-state index contributed by atoms with van der Waals surface area (Å²) in [5.41, 5.74) is 1.78. The molecule has 0 aliphatic heterocycles. The zero-order valence-electron chi connectivity index (χ0n) is 13.9. The number of sulfonamides is 1. The topological polar surface area (TPSA) is 75.2 Å². The van der Waals surface area contributed by atoms with E-state index in [2.05, 4.69) is 37.9 Å². The number of rotatable bonds is 5. The number of nitrogens with zero attached hydrogens (tertiary/aromatic N) is 3. The van der Waals surface area contributed by atoms with Gasteiger partial charge >= 0.3 is 0 Å². The van der Waals surface area contributed by atoms with E-state index in [0.717, 1.165) is 24.5 Å². The van der Waals surface area contributed by atoms with E-state index >= 15 is 0 Å². The van der Waals surface area contributed by atoms with Gasteiger partial charge in [-0.15, -0.1) is 11.3 Å². The number of benzene rings is 1. The minimum Gasteiger partial charge on any atom is -0.362 e. The molecule has 132 valence electrons. The van der Waals surface area contributed by atoms with Crippen molar-refractivity contribution < 1.29 is 8.42 Å². The molecule has 1 aromatic carbocycles. The van der Waals surface area contributed by atoms with Gasteiger partial charge in [0.25, 0.3) is 0 Å². The highest BCUT2D eigenvalue weighted by Crippen LogP contribution is 2.32. The Labute approximate surface area is 164 Å². The van der Waals surface area contributed by atoms with Gasteiger partial charge in [-0.05, 0) is 53.3 Å². The highest BCUT2D eigenvalue weighted by atomic mass is 127. The summed E-state index contributed by atoms with van der Waals surface area (Å²) in [6.07, 6.45) is 1.53. The van der Waals surface area contributed by atoms with Gasteiger partial charge in [-0.2, -0.15) is 0 Å². The molecule has 0 spiro atoms. The summed E-state index contributed by atoms with van der Waals surface area (Å²) >= 11 is 3.89. The normalized spacial score (nSPS) is 13.3. The van der Waals surface area contributed by atoms with Gasteiger partial charge in [0.05, 0.1) is 24.0 Å². The molecule has 1 N–H and O–H groups in total. The zero-order chi connectivity index (χ0) is 18.2. The molecule has 1 unspecified atom stereocenters. The molecule has 1 atom stereocenters. The smallest absolute Gasteiger partial charge is 0.242 e. The standard InChI is InChI=1S/C16H17IN4O2S2/c1-10(11-5-4-6-12(7-11)25(22,23)21(2)3)20-16-15-13(18-9-19-16)8-14(17)24-15/h4-10H,1-3H3,(H,18,19,20). The Balaban J connectivity index is 1.92. The molecule has 0 radical (unpaired) electrons. The molecule has 25 heavy (non-hydrogen) atoms. The van der Waals surface area contributed by atoms with Crippen molar-refractivity contribution in [2.75, 3.05) is 19.4 Å². The Bertz CT molecular complexity index is 1020. The van der Waals surface area contributed by atoms with Crippen molar-refractivity contribution in [2.45, 2.75) is 17.9 Å². The van der Waals surface area contributed by atoms with Gasteiger partial charge in [0, 0.05) is 14.1 Å². The van der Waals surface area contributed by atoms with Crippen LogP contribution in [0.4, 0.5) is 5.82 Å². The molecule has 9 heteroatoms. The summed E-state index contributed by atoms with van der Waals surface area (Å²) in [6.45, 7) is 1.98. The molecule has 3 aromatic rings. The lowest BCUT2D eigenvalue weighted by atomic mass is 10.1. The Morgan fingerprint density at radius 2 is 2.00 bits per heavy atom. The fourth-order valence-electron chi connectivity index (χ4n) is 2.37. The number of hydrogen-bond acceptors (Lipinski definition) is 6. The average Bonchev–Trinajstić information content (AvgIpc) is 2.96. The van der Waals surface area contributed by atoms with E-state index in [1.807, 2.05) is 19.1 Å². The zero-order valence-corrected chi connectivity index (χ0v) is 17.7. The summed E-state index contributed by atoms with van der Waals surface area (Å²) < 4.78 is 28.0. The van der Waals surface area contributed by atoms with Gasteiger partial charge < -0.3 is 5.32 Å². The molecular formula is C16H17IN4O2S2. The maximum atomic E-state index is 12.3. The van der Waals surface area contributed by atoms with Crippen LogP contribution >= 0.6 is 33.9 Å². The summed E-state index contributed by atoms with van der Waals surface area (Å²) in [5, 5.41) is 3.37. The van der Waals surface area contributed by atoms with Crippen LogP contribution in [0.15, 0.2) is 41.6 Å². The van der Waals surface area contributed by atoms with Crippen LogP contribution in [-0.4, -0.2) is 36.8 Å². The van der Waals surface area contributed by atoms with Crippen LogP contribution in [0.1, 0.15) is 18.5 Å². The molecule has 2 heterocycles. The molecule has 0 amide bonds. The first-order chi connectivity index (χ1) is 11.8. The van der Waals surface area contributed by atoms with Crippen molar-refractivity contribution in [1.82, 2.24) is 14.3 Å². The number of hydrogen-bond donors (Lipinski definition) is 1. The molecule has 2 aromatic heterocycles. The van der Waals surface area contributed by atoms with Crippen LogP contribution in [0.3, 0.4) is 0 Å². The first kappa shape index (κ1) is 18.5. The second-order valence-corrected chi connectivity index (χ2v) is 10.8. The van der Waals surface area contributed by atoms with Gasteiger partial charge in [0.1, 0.15) is 12.1 Å². The predicted octanol–water partition coefficient (Wildman–Crippen LogP) is 3.72. The Kier molecular flexibility index (Phi) is 5.28. The van der Waals surface area contributed by atoms with Gasteiger partial charge in [0.15, 0.2) is 0 Å². The van der Waals surface area contributed by atoms with Crippen LogP contribution in [-0.2, 0) is 10.0 Å². The molecule has 0 aliphatic rings. The van der Waals surface area contributed by atoms with Crippen molar-refractivity contribution in [1.29, 1.82) is 0 Å². The lowest BCUT2D eigenvalue weighted by molar-refractivity contribution is 0.520. The Morgan fingerprint density at radius 3 is 2.72 bits per heavy atom. The van der Waals surface area contributed by atoms with E-state index in [0.29, 0.717) is 0 Å². The minimum atomic E-state index is -3.46. The number of halogens is 1. The minimum absolute atomic E-state index is 0.102. The van der Waals surface area contributed by atoms with Gasteiger partial charge in [0.2, 0.25) is 10.0 Å². The van der Waals surface area contributed by atoms with Crippen molar-refractivity contribution >= 4 is 60.0 Å². The van der Waals surface area contributed by atoms with Gasteiger partial charge in [-0.1, -0.05) is 12.1 Å². The molecular weight excluding hydrogens is 471 g/mol. The maximum absolute atomic E-state index is 12.3. The summed E-state index contributed by atoms with van der Waals surface area (Å²) in [4.78, 5) is 8.90. The van der Waals surface area contributed by atoms with Crippen LogP contribution in [0.25, 0.3) is 10.2 Å². The molecule has 0 fully saturated rings. The second-order valence-electron chi connectivity index (χ2n) is 5.71. The average molecular weight is 488 g/mol. The number of fused-ring (bicyclic) bond motifs is 1. The molecule has 0 bridgehead atoms. The first-order valence-corrected chi connectivity index (χ1v) is 10.8. The number of thiophene rings is 1. The largest absolute Gasteiger partial charge is 0.362 e. The summed E-state index contributed by atoms with van der Waals surface area (Å²) in [7, 11) is -0.401. The van der Waals surface area contributed by atoms with Crippen LogP contribution in [0.5, 0.6) is 0 Å². The van der Waals surface area contributed by atoms with Crippen LogP contribution in [0.2, 0.25) is 0 Å². The molecule has 6 nitrogen and oxygen atoms in total. The molecule has 0 saturated carbocycles. The fourth-order valence-corrected chi connectivity index (χ4v) is 5.07. The highest BCUT2D eigenvalue weighted by Gasteiger charge is 2.19. The lowest BCUT2D eigenvalue weighted by Crippen LogP contribution is -2.22. The SMILES string of the molecule is CC(Nc1ncnc2cc(I)sc12)c1cccc(S(=O)(=O)N(C)C)c1. The number of nitrogens with one attached hydrogen (secondary N) is 1. The van der Waals surface area contributed by atoms with E-state index < -0.39 is 10.0 Å². The van der Waals surface area contributed by atoms with Gasteiger partial charge in [-0.3, -0.25) is 0 Å². The van der Waals surface area contributed by atoms with E-state index in [1.165, 1.54) is 24.7 Å². The first-order valence-electron chi connectivity index (χ1n) is 7.48. The van der Waals surface area contributed by atoms with E-state index in [9.17, 15) is 8.42 Å². The fraction of sp³-hybridized carbons (Fsp3) is 0.250. The van der Waals surface area contributed by atoms with Gasteiger partial charge in [-0.25, -0.2) is 22.7 Å². The third-order valence-electron chi connectivity index (χ3n) is 3.77. The number of anilines is 1. The maximum Gasteiger partial charge on any atom is 0.242 e. The lowest BCUT2D eigenvalue weighted by Gasteiger charge is -2.17. The van der Waals surface area contributed by atoms with Crippen molar-refractivity contribution in [3.8, 4) is 0 Å². The van der Waals surface area contributed by atoms with Crippen molar-refractivity contribution in [2.24, 2.45) is 0 Å². The van der Waals surface area contributed by atoms with Crippen molar-refractivity contribution in [3.63, 3.8) is 0 Å². The monoisotopic (exact) mass is 488 g/mol. The molecule has 0 aliphatic carbocycles. The van der Waals surface area contributed by atoms with E-state index in [-0.39, 0.29) is 10.9 Å². The summed E-state index contributed by atoms with van der Waals surface area (Å²) in [6, 6.07) is 8.88. The van der Waals surface area contributed by atoms with Crippen LogP contribution < -0.4 is 5.32 Å². The second kappa shape index (κ2) is 7.14. The third kappa shape index (κ3) is 3.78. The predicted molar refractivity (Wildman–Crippen MR) is 109 cm³/mol. The van der Waals surface area contributed by atoms with E-state index in [4.69, 9.17) is 0 Å². The third-order valence-corrected chi connectivity index (χ3v) is 7.47. The number of aromatic nitrogens is 2. The quantitative estimate of drug-likeness (QED) is 0.555. The molecule has 0 saturated heterocycles. The van der Waals surface area contributed by atoms with Crippen LogP contribution in [0, 0.1) is 2.88 Å². The Hall–Kier alpha value is -1.30. The highest BCUT2D eigenvalue weighted by molar-refractivity contribution is 14.1.